The third-order valence-electron chi connectivity index (χ3n) is 2.31. The van der Waals surface area contributed by atoms with Crippen molar-refractivity contribution in [2.24, 2.45) is 0 Å². The lowest BCUT2D eigenvalue weighted by Gasteiger charge is -2.19. The van der Waals surface area contributed by atoms with Crippen LogP contribution < -0.4 is 16.4 Å². The number of anilines is 3. The zero-order chi connectivity index (χ0) is 11.5. The second-order valence-corrected chi connectivity index (χ2v) is 3.68. The van der Waals surface area contributed by atoms with Gasteiger partial charge in [-0.15, -0.1) is 5.73 Å². The van der Waals surface area contributed by atoms with Crippen LogP contribution in [0.15, 0.2) is 41.8 Å². The van der Waals surface area contributed by atoms with Crippen LogP contribution in [0.1, 0.15) is 6.92 Å². The summed E-state index contributed by atoms with van der Waals surface area (Å²) in [5.41, 5.74) is 16.5. The highest BCUT2D eigenvalue weighted by molar-refractivity contribution is 5.67. The van der Waals surface area contributed by atoms with Crippen molar-refractivity contribution in [2.45, 2.75) is 6.92 Å². The number of hydrogen-bond acceptors (Lipinski definition) is 4. The number of nitrogen functional groups attached to an aromatic ring is 2. The lowest BCUT2D eigenvalue weighted by atomic mass is 10.3. The smallest absolute Gasteiger partial charge is 0.149 e. The molecule has 0 aromatic carbocycles. The molecule has 0 atom stereocenters. The maximum absolute atomic E-state index is 5.84. The summed E-state index contributed by atoms with van der Waals surface area (Å²) < 4.78 is 0. The molecule has 2 heterocycles. The molecule has 82 valence electrons. The summed E-state index contributed by atoms with van der Waals surface area (Å²) >= 11 is 0. The van der Waals surface area contributed by atoms with Crippen molar-refractivity contribution in [3.8, 4) is 0 Å². The standard InChI is InChI=1S/C12H14N4/c1-9-4-2-3-7-16(8-9)10-5-6-11(13)15-12(10)14/h3-6,8H,7H2,1H3,(H4,13,14,15). The Labute approximate surface area is 94.6 Å². The van der Waals surface area contributed by atoms with Crippen molar-refractivity contribution in [3.63, 3.8) is 0 Å². The number of pyridine rings is 1. The Balaban J connectivity index is 2.38. The highest BCUT2D eigenvalue weighted by Crippen LogP contribution is 2.23. The predicted octanol–water partition coefficient (Wildman–Crippen LogP) is 1.68. The fourth-order valence-corrected chi connectivity index (χ4v) is 1.57. The van der Waals surface area contributed by atoms with Gasteiger partial charge in [-0.05, 0) is 36.8 Å². The number of nitrogens with two attached hydrogens (primary N) is 2. The van der Waals surface area contributed by atoms with Gasteiger partial charge in [-0.3, -0.25) is 0 Å². The van der Waals surface area contributed by atoms with Crippen LogP contribution in [-0.2, 0) is 0 Å². The second-order valence-electron chi connectivity index (χ2n) is 3.68. The molecular weight excluding hydrogens is 200 g/mol. The second kappa shape index (κ2) is 4.13. The van der Waals surface area contributed by atoms with E-state index < -0.39 is 0 Å². The van der Waals surface area contributed by atoms with Crippen molar-refractivity contribution in [1.29, 1.82) is 0 Å². The van der Waals surface area contributed by atoms with Crippen LogP contribution in [0, 0.1) is 0 Å². The molecule has 0 radical (unpaired) electrons. The summed E-state index contributed by atoms with van der Waals surface area (Å²) in [6.45, 7) is 2.74. The van der Waals surface area contributed by atoms with E-state index in [4.69, 9.17) is 11.5 Å². The molecule has 0 saturated heterocycles. The van der Waals surface area contributed by atoms with Gasteiger partial charge in [-0.25, -0.2) is 4.98 Å². The molecule has 1 aliphatic heterocycles. The minimum Gasteiger partial charge on any atom is -0.384 e. The Kier molecular flexibility index (Phi) is 2.66. The molecule has 16 heavy (non-hydrogen) atoms. The summed E-state index contributed by atoms with van der Waals surface area (Å²) in [5.74, 6) is 0.879. The van der Waals surface area contributed by atoms with Crippen molar-refractivity contribution < 1.29 is 0 Å². The molecule has 0 unspecified atom stereocenters. The van der Waals surface area contributed by atoms with Gasteiger partial charge in [0.15, 0.2) is 0 Å². The van der Waals surface area contributed by atoms with Crippen LogP contribution >= 0.6 is 0 Å². The number of hydrogen-bond donors (Lipinski definition) is 2. The first-order valence-corrected chi connectivity index (χ1v) is 5.05. The van der Waals surface area contributed by atoms with E-state index in [1.54, 1.807) is 6.07 Å². The molecular formula is C12H14N4. The molecule has 0 fully saturated rings. The molecule has 4 heteroatoms. The van der Waals surface area contributed by atoms with Crippen molar-refractivity contribution in [2.75, 3.05) is 22.9 Å². The Bertz CT molecular complexity index is 496. The summed E-state index contributed by atoms with van der Waals surface area (Å²) in [4.78, 5) is 6.07. The predicted molar refractivity (Wildman–Crippen MR) is 66.8 cm³/mol. The largest absolute Gasteiger partial charge is 0.384 e. The van der Waals surface area contributed by atoms with E-state index in [2.05, 4.69) is 10.7 Å². The van der Waals surface area contributed by atoms with Gasteiger partial charge >= 0.3 is 0 Å². The van der Waals surface area contributed by atoms with Crippen LogP contribution in [0.3, 0.4) is 0 Å². The van der Waals surface area contributed by atoms with Gasteiger partial charge in [0.2, 0.25) is 0 Å². The van der Waals surface area contributed by atoms with E-state index in [1.165, 1.54) is 0 Å². The molecule has 2 rings (SSSR count). The van der Waals surface area contributed by atoms with Gasteiger partial charge in [0.05, 0.1) is 5.69 Å². The third-order valence-corrected chi connectivity index (χ3v) is 2.31. The summed E-state index contributed by atoms with van der Waals surface area (Å²) in [6.07, 6.45) is 5.89. The van der Waals surface area contributed by atoms with E-state index in [9.17, 15) is 0 Å². The van der Waals surface area contributed by atoms with Crippen LogP contribution in [0.25, 0.3) is 0 Å². The fourth-order valence-electron chi connectivity index (χ4n) is 1.57. The van der Waals surface area contributed by atoms with E-state index in [0.29, 0.717) is 11.6 Å². The van der Waals surface area contributed by atoms with Gasteiger partial charge in [0, 0.05) is 12.7 Å². The first kappa shape index (κ1) is 10.3. The summed E-state index contributed by atoms with van der Waals surface area (Å²) in [6, 6.07) is 3.62. The van der Waals surface area contributed by atoms with Crippen LogP contribution in [0.4, 0.5) is 17.3 Å². The SMILES string of the molecule is CC1=CN(c2ccc(N)nc2N)CC=C=C1. The van der Waals surface area contributed by atoms with Gasteiger partial charge in [-0.1, -0.05) is 0 Å². The highest BCUT2D eigenvalue weighted by Gasteiger charge is 2.08. The topological polar surface area (TPSA) is 68.2 Å². The summed E-state index contributed by atoms with van der Waals surface area (Å²) in [5, 5.41) is 0. The Morgan fingerprint density at radius 1 is 1.38 bits per heavy atom. The Hall–Kier alpha value is -2.19. The summed E-state index contributed by atoms with van der Waals surface area (Å²) in [7, 11) is 0. The first-order valence-electron chi connectivity index (χ1n) is 5.05. The quantitative estimate of drug-likeness (QED) is 0.698. The van der Waals surface area contributed by atoms with Gasteiger partial charge in [-0.2, -0.15) is 0 Å². The monoisotopic (exact) mass is 214 g/mol. The van der Waals surface area contributed by atoms with E-state index >= 15 is 0 Å². The zero-order valence-electron chi connectivity index (χ0n) is 9.14. The van der Waals surface area contributed by atoms with Crippen molar-refractivity contribution in [1.82, 2.24) is 4.98 Å². The maximum atomic E-state index is 5.84. The van der Waals surface area contributed by atoms with Gasteiger partial charge in [0.1, 0.15) is 11.6 Å². The molecule has 1 aromatic heterocycles. The number of rotatable bonds is 1. The molecule has 1 aliphatic rings. The zero-order valence-corrected chi connectivity index (χ0v) is 9.14. The lowest BCUT2D eigenvalue weighted by molar-refractivity contribution is 1.08. The van der Waals surface area contributed by atoms with Crippen molar-refractivity contribution in [3.05, 3.63) is 41.8 Å². The number of aromatic nitrogens is 1. The third kappa shape index (κ3) is 2.07. The molecule has 0 saturated carbocycles. The average Bonchev–Trinajstić information content (AvgIpc) is 2.43. The van der Waals surface area contributed by atoms with Gasteiger partial charge in [0.25, 0.3) is 0 Å². The molecule has 0 bridgehead atoms. The van der Waals surface area contributed by atoms with Crippen LogP contribution in [0.2, 0.25) is 0 Å². The van der Waals surface area contributed by atoms with Crippen LogP contribution in [-0.4, -0.2) is 11.5 Å². The molecule has 0 amide bonds. The Morgan fingerprint density at radius 2 is 2.19 bits per heavy atom. The van der Waals surface area contributed by atoms with Crippen LogP contribution in [0.5, 0.6) is 0 Å². The molecule has 0 aliphatic carbocycles. The van der Waals surface area contributed by atoms with E-state index in [1.807, 2.05) is 36.2 Å². The molecule has 0 spiro atoms. The minimum absolute atomic E-state index is 0.436. The lowest BCUT2D eigenvalue weighted by Crippen LogP contribution is -2.18. The average molecular weight is 214 g/mol. The molecule has 1 aromatic rings. The minimum atomic E-state index is 0.436. The maximum Gasteiger partial charge on any atom is 0.149 e. The Morgan fingerprint density at radius 3 is 2.94 bits per heavy atom. The number of nitrogens with zero attached hydrogens (tertiary/aromatic N) is 2. The van der Waals surface area contributed by atoms with E-state index in [-0.39, 0.29) is 0 Å². The van der Waals surface area contributed by atoms with E-state index in [0.717, 1.165) is 17.8 Å². The fraction of sp³-hybridized carbons (Fsp3) is 0.167. The highest BCUT2D eigenvalue weighted by atomic mass is 15.1. The molecule has 4 nitrogen and oxygen atoms in total. The normalized spacial score (nSPS) is 14.8. The number of allylic oxidation sites excluding steroid dienone is 1. The van der Waals surface area contributed by atoms with Gasteiger partial charge < -0.3 is 16.4 Å². The van der Waals surface area contributed by atoms with Crippen molar-refractivity contribution >= 4 is 17.3 Å². The molecule has 4 N–H and O–H groups in total. The first-order chi connectivity index (χ1) is 7.66.